The molecule has 0 saturated heterocycles. The molecule has 0 aliphatic carbocycles. The minimum Gasteiger partial charge on any atom is -0.380 e. The molecule has 1 heterocycles. The molecule has 2 rings (SSSR count). The molecule has 0 aliphatic rings. The Labute approximate surface area is 120 Å². The Morgan fingerprint density at radius 2 is 2.25 bits per heavy atom. The number of hydrogen-bond acceptors (Lipinski definition) is 3. The van der Waals surface area contributed by atoms with Crippen LogP contribution in [0.5, 0.6) is 0 Å². The van der Waals surface area contributed by atoms with Gasteiger partial charge in [0.05, 0.1) is 6.54 Å². The number of hydrogen-bond donors (Lipinski definition) is 1. The summed E-state index contributed by atoms with van der Waals surface area (Å²) in [6, 6.07) is 3.47. The van der Waals surface area contributed by atoms with Gasteiger partial charge in [-0.25, -0.2) is 18.4 Å². The Hall–Kier alpha value is -1.53. The molecule has 1 aromatic heterocycles. The summed E-state index contributed by atoms with van der Waals surface area (Å²) in [5, 5.41) is 14.6. The van der Waals surface area contributed by atoms with Crippen LogP contribution < -0.4 is 0 Å². The van der Waals surface area contributed by atoms with Gasteiger partial charge in [0.2, 0.25) is 0 Å². The first-order chi connectivity index (χ1) is 9.47. The minimum atomic E-state index is -1.90. The molecule has 4 nitrogen and oxygen atoms in total. The first-order valence-electron chi connectivity index (χ1n) is 6.11. The highest BCUT2D eigenvalue weighted by Crippen LogP contribution is 2.35. The molecular formula is C13H14ClF2N3O. The Kier molecular flexibility index (Phi) is 4.35. The zero-order valence-corrected chi connectivity index (χ0v) is 11.6. The van der Waals surface area contributed by atoms with Gasteiger partial charge in [-0.2, -0.15) is 5.10 Å². The van der Waals surface area contributed by atoms with E-state index in [1.54, 1.807) is 6.92 Å². The first kappa shape index (κ1) is 14.9. The van der Waals surface area contributed by atoms with Crippen LogP contribution in [0, 0.1) is 5.82 Å². The summed E-state index contributed by atoms with van der Waals surface area (Å²) in [6.07, 6.45) is 1.16. The van der Waals surface area contributed by atoms with Crippen molar-refractivity contribution in [3.05, 3.63) is 47.3 Å². The SMILES string of the molecule is CCC(F)C(O)(Cn1cncn1)c1ccc(F)cc1Cl. The van der Waals surface area contributed by atoms with Gasteiger partial charge >= 0.3 is 0 Å². The Morgan fingerprint density at radius 1 is 1.50 bits per heavy atom. The van der Waals surface area contributed by atoms with Crippen molar-refractivity contribution in [3.63, 3.8) is 0 Å². The monoisotopic (exact) mass is 301 g/mol. The molecule has 0 radical (unpaired) electrons. The summed E-state index contributed by atoms with van der Waals surface area (Å²) in [4.78, 5) is 3.75. The normalized spacial score (nSPS) is 15.8. The molecule has 0 fully saturated rings. The van der Waals surface area contributed by atoms with E-state index in [0.29, 0.717) is 0 Å². The standard InChI is InChI=1S/C13H14ClF2N3O/c1-2-12(16)13(20,6-19-8-17-7-18-19)10-4-3-9(15)5-11(10)14/h3-5,7-8,12,20H,2,6H2,1H3. The molecule has 0 amide bonds. The van der Waals surface area contributed by atoms with E-state index >= 15 is 0 Å². The second kappa shape index (κ2) is 5.85. The largest absolute Gasteiger partial charge is 0.380 e. The van der Waals surface area contributed by atoms with Crippen molar-refractivity contribution in [2.75, 3.05) is 0 Å². The molecular weight excluding hydrogens is 288 g/mol. The van der Waals surface area contributed by atoms with Crippen molar-refractivity contribution in [2.24, 2.45) is 0 Å². The van der Waals surface area contributed by atoms with E-state index in [0.717, 1.165) is 12.1 Å². The first-order valence-corrected chi connectivity index (χ1v) is 6.49. The van der Waals surface area contributed by atoms with Gasteiger partial charge in [0, 0.05) is 10.6 Å². The fourth-order valence-electron chi connectivity index (χ4n) is 2.09. The molecule has 2 atom stereocenters. The second-order valence-electron chi connectivity index (χ2n) is 4.52. The molecule has 0 saturated carbocycles. The molecule has 1 aromatic carbocycles. The van der Waals surface area contributed by atoms with Crippen molar-refractivity contribution in [2.45, 2.75) is 31.7 Å². The average Bonchev–Trinajstić information content (AvgIpc) is 2.90. The molecule has 108 valence electrons. The quantitative estimate of drug-likeness (QED) is 0.924. The maximum atomic E-state index is 14.3. The number of rotatable bonds is 5. The zero-order valence-electron chi connectivity index (χ0n) is 10.8. The van der Waals surface area contributed by atoms with E-state index in [4.69, 9.17) is 11.6 Å². The van der Waals surface area contributed by atoms with Gasteiger partial charge in [0.1, 0.15) is 30.2 Å². The summed E-state index contributed by atoms with van der Waals surface area (Å²) in [5.41, 5.74) is -1.77. The van der Waals surface area contributed by atoms with Gasteiger partial charge in [0.25, 0.3) is 0 Å². The third kappa shape index (κ3) is 2.81. The number of alkyl halides is 1. The summed E-state index contributed by atoms with van der Waals surface area (Å²) in [6.45, 7) is 1.45. The van der Waals surface area contributed by atoms with Gasteiger partial charge in [-0.1, -0.05) is 24.6 Å². The highest BCUT2D eigenvalue weighted by atomic mass is 35.5. The van der Waals surface area contributed by atoms with Crippen molar-refractivity contribution in [1.29, 1.82) is 0 Å². The average molecular weight is 302 g/mol. The van der Waals surface area contributed by atoms with Crippen molar-refractivity contribution < 1.29 is 13.9 Å². The second-order valence-corrected chi connectivity index (χ2v) is 4.92. The summed E-state index contributed by atoms with van der Waals surface area (Å²) < 4.78 is 28.7. The lowest BCUT2D eigenvalue weighted by Crippen LogP contribution is -2.41. The Balaban J connectivity index is 2.45. The van der Waals surface area contributed by atoms with E-state index in [9.17, 15) is 13.9 Å². The fourth-order valence-corrected chi connectivity index (χ4v) is 2.42. The van der Waals surface area contributed by atoms with E-state index in [1.807, 2.05) is 0 Å². The van der Waals surface area contributed by atoms with E-state index in [2.05, 4.69) is 10.1 Å². The van der Waals surface area contributed by atoms with Crippen LogP contribution in [0.4, 0.5) is 8.78 Å². The number of halogens is 3. The molecule has 0 bridgehead atoms. The molecule has 2 unspecified atom stereocenters. The Bertz CT molecular complexity index is 579. The van der Waals surface area contributed by atoms with E-state index in [1.165, 1.54) is 23.4 Å². The maximum Gasteiger partial charge on any atom is 0.142 e. The molecule has 7 heteroatoms. The van der Waals surface area contributed by atoms with Crippen LogP contribution in [0.15, 0.2) is 30.9 Å². The lowest BCUT2D eigenvalue weighted by atomic mass is 9.87. The number of aromatic nitrogens is 3. The van der Waals surface area contributed by atoms with Crippen LogP contribution in [-0.4, -0.2) is 26.0 Å². The van der Waals surface area contributed by atoms with Crippen LogP contribution in [0.2, 0.25) is 5.02 Å². The van der Waals surface area contributed by atoms with Gasteiger partial charge in [-0.3, -0.25) is 0 Å². The number of nitrogens with zero attached hydrogens (tertiary/aromatic N) is 3. The maximum absolute atomic E-state index is 14.3. The van der Waals surface area contributed by atoms with Crippen LogP contribution in [0.25, 0.3) is 0 Å². The minimum absolute atomic E-state index is 0.0243. The van der Waals surface area contributed by atoms with Crippen LogP contribution in [-0.2, 0) is 12.1 Å². The molecule has 0 spiro atoms. The lowest BCUT2D eigenvalue weighted by molar-refractivity contribution is -0.0584. The highest BCUT2D eigenvalue weighted by molar-refractivity contribution is 6.31. The van der Waals surface area contributed by atoms with Gasteiger partial charge in [0.15, 0.2) is 0 Å². The fraction of sp³-hybridized carbons (Fsp3) is 0.385. The lowest BCUT2D eigenvalue weighted by Gasteiger charge is -2.32. The third-order valence-corrected chi connectivity index (χ3v) is 3.46. The smallest absolute Gasteiger partial charge is 0.142 e. The molecule has 1 N–H and O–H groups in total. The van der Waals surface area contributed by atoms with Crippen molar-refractivity contribution in [1.82, 2.24) is 14.8 Å². The molecule has 2 aromatic rings. The molecule has 0 aliphatic heterocycles. The highest BCUT2D eigenvalue weighted by Gasteiger charge is 2.40. The zero-order chi connectivity index (χ0) is 14.8. The van der Waals surface area contributed by atoms with Crippen LogP contribution in [0.1, 0.15) is 18.9 Å². The van der Waals surface area contributed by atoms with Crippen molar-refractivity contribution >= 4 is 11.6 Å². The third-order valence-electron chi connectivity index (χ3n) is 3.14. The summed E-state index contributed by atoms with van der Waals surface area (Å²) in [5.74, 6) is -0.547. The number of benzene rings is 1. The van der Waals surface area contributed by atoms with Gasteiger partial charge in [-0.05, 0) is 18.6 Å². The van der Waals surface area contributed by atoms with Crippen molar-refractivity contribution in [3.8, 4) is 0 Å². The Morgan fingerprint density at radius 3 is 2.80 bits per heavy atom. The van der Waals surface area contributed by atoms with Crippen LogP contribution in [0.3, 0.4) is 0 Å². The predicted octanol–water partition coefficient (Wildman–Crippen LogP) is 2.71. The summed E-state index contributed by atoms with van der Waals surface area (Å²) in [7, 11) is 0. The topological polar surface area (TPSA) is 50.9 Å². The van der Waals surface area contributed by atoms with Gasteiger partial charge in [-0.15, -0.1) is 0 Å². The number of aliphatic hydroxyl groups is 1. The van der Waals surface area contributed by atoms with E-state index in [-0.39, 0.29) is 23.6 Å². The predicted molar refractivity (Wildman–Crippen MR) is 70.5 cm³/mol. The van der Waals surface area contributed by atoms with E-state index < -0.39 is 17.6 Å². The van der Waals surface area contributed by atoms with Crippen LogP contribution >= 0.6 is 11.6 Å². The molecule has 20 heavy (non-hydrogen) atoms. The van der Waals surface area contributed by atoms with Gasteiger partial charge < -0.3 is 5.11 Å². The summed E-state index contributed by atoms with van der Waals surface area (Å²) >= 11 is 5.94.